The minimum Gasteiger partial charge on any atom is -0.492 e. The summed E-state index contributed by atoms with van der Waals surface area (Å²) < 4.78 is 37.8. The Balaban J connectivity index is 1.32. The molecule has 218 valence electrons. The molecule has 2 aliphatic rings. The molecular formula is C32H32ClN3O5S. The van der Waals surface area contributed by atoms with Gasteiger partial charge in [-0.05, 0) is 41.7 Å². The molecule has 3 aromatic carbocycles. The van der Waals surface area contributed by atoms with Gasteiger partial charge in [-0.25, -0.2) is 4.98 Å². The third kappa shape index (κ3) is 7.67. The predicted molar refractivity (Wildman–Crippen MR) is 165 cm³/mol. The molecule has 0 unspecified atom stereocenters. The van der Waals surface area contributed by atoms with Crippen LogP contribution in [-0.2, 0) is 23.0 Å². The van der Waals surface area contributed by atoms with E-state index in [1.54, 1.807) is 16.7 Å². The first-order valence-electron chi connectivity index (χ1n) is 13.9. The molecule has 2 heterocycles. The van der Waals surface area contributed by atoms with Crippen LogP contribution in [0.2, 0.25) is 5.02 Å². The molecule has 0 aliphatic carbocycles. The maximum absolute atomic E-state index is 13.6. The van der Waals surface area contributed by atoms with Crippen LogP contribution in [0.4, 0.5) is 0 Å². The average molecular weight is 606 g/mol. The highest BCUT2D eigenvalue weighted by molar-refractivity contribution is 7.85. The van der Waals surface area contributed by atoms with Crippen LogP contribution in [0.25, 0.3) is 17.1 Å². The Kier molecular flexibility index (Phi) is 9.41. The Hall–Kier alpha value is -3.92. The van der Waals surface area contributed by atoms with E-state index in [0.29, 0.717) is 54.6 Å². The molecule has 0 radical (unpaired) electrons. The first-order valence-corrected chi connectivity index (χ1v) is 15.8. The Morgan fingerprint density at radius 1 is 0.881 bits per heavy atom. The predicted octanol–water partition coefficient (Wildman–Crippen LogP) is 6.33. The maximum Gasteiger partial charge on any atom is 0.278 e. The summed E-state index contributed by atoms with van der Waals surface area (Å²) in [5.41, 5.74) is 4.87. The number of ether oxygens (including phenoxy) is 1. The summed E-state index contributed by atoms with van der Waals surface area (Å²) >= 11 is 6.50. The summed E-state index contributed by atoms with van der Waals surface area (Å²) in [5.74, 6) is 0.920. The second kappa shape index (κ2) is 13.4. The van der Waals surface area contributed by atoms with Crippen LogP contribution >= 0.6 is 11.6 Å². The second-order valence-electron chi connectivity index (χ2n) is 10.2. The van der Waals surface area contributed by atoms with Crippen molar-refractivity contribution >= 4 is 21.7 Å². The number of hydrogen-bond donors (Lipinski definition) is 2. The fraction of sp³-hybridized carbons (Fsp3) is 0.250. The van der Waals surface area contributed by atoms with Gasteiger partial charge in [0.25, 0.3) is 15.7 Å². The molecule has 0 amide bonds. The summed E-state index contributed by atoms with van der Waals surface area (Å²) in [6, 6.07) is 25.4. The van der Waals surface area contributed by atoms with E-state index >= 15 is 0 Å². The van der Waals surface area contributed by atoms with Crippen LogP contribution in [-0.4, -0.2) is 39.9 Å². The van der Waals surface area contributed by atoms with Crippen molar-refractivity contribution in [2.45, 2.75) is 38.5 Å². The molecule has 2 N–H and O–H groups in total. The summed E-state index contributed by atoms with van der Waals surface area (Å²) in [4.78, 5) is 21.9. The number of rotatable bonds is 13. The van der Waals surface area contributed by atoms with Crippen molar-refractivity contribution in [3.8, 4) is 22.8 Å². The van der Waals surface area contributed by atoms with Crippen LogP contribution in [0.15, 0.2) is 89.9 Å². The van der Waals surface area contributed by atoms with Crippen LogP contribution in [0.5, 0.6) is 5.75 Å². The van der Waals surface area contributed by atoms with Gasteiger partial charge in [0.1, 0.15) is 11.4 Å². The van der Waals surface area contributed by atoms with Crippen molar-refractivity contribution in [1.29, 1.82) is 0 Å². The number of aromatic amines is 1. The molecule has 0 saturated heterocycles. The van der Waals surface area contributed by atoms with Crippen LogP contribution in [0.1, 0.15) is 48.2 Å². The minimum absolute atomic E-state index is 0.170. The number of benzene rings is 3. The van der Waals surface area contributed by atoms with E-state index in [1.165, 1.54) is 0 Å². The maximum atomic E-state index is 13.6. The Morgan fingerprint density at radius 2 is 1.60 bits per heavy atom. The number of imidazole rings is 1. The van der Waals surface area contributed by atoms with Gasteiger partial charge in [-0.15, -0.1) is 0 Å². The lowest BCUT2D eigenvalue weighted by molar-refractivity contribution is 0.305. The first-order chi connectivity index (χ1) is 20.3. The van der Waals surface area contributed by atoms with Crippen LogP contribution < -0.4 is 10.3 Å². The number of fused-ring (bicyclic) bond motifs is 1. The molecule has 0 atom stereocenters. The van der Waals surface area contributed by atoms with Gasteiger partial charge in [-0.2, -0.15) is 8.42 Å². The number of hydrogen-bond acceptors (Lipinski definition) is 5. The highest BCUT2D eigenvalue weighted by Gasteiger charge is 2.21. The fourth-order valence-corrected chi connectivity index (χ4v) is 5.69. The van der Waals surface area contributed by atoms with Gasteiger partial charge in [-0.3, -0.25) is 13.9 Å². The third-order valence-corrected chi connectivity index (χ3v) is 8.08. The number of H-pyrrole nitrogens is 1. The van der Waals surface area contributed by atoms with Crippen LogP contribution in [0, 0.1) is 0 Å². The van der Waals surface area contributed by atoms with Crippen LogP contribution in [0.3, 0.4) is 0 Å². The molecular weight excluding hydrogens is 574 g/mol. The number of nitrogens with one attached hydrogen (secondary N) is 1. The molecule has 10 heteroatoms. The molecule has 8 nitrogen and oxygen atoms in total. The average Bonchev–Trinajstić information content (AvgIpc) is 3.29. The van der Waals surface area contributed by atoms with Crippen molar-refractivity contribution in [1.82, 2.24) is 14.5 Å². The van der Waals surface area contributed by atoms with E-state index in [2.05, 4.69) is 17.1 Å². The van der Waals surface area contributed by atoms with Gasteiger partial charge in [0, 0.05) is 19.0 Å². The van der Waals surface area contributed by atoms with E-state index in [0.717, 1.165) is 40.9 Å². The molecule has 3 aromatic rings. The van der Waals surface area contributed by atoms with Gasteiger partial charge < -0.3 is 9.72 Å². The van der Waals surface area contributed by atoms with Crippen molar-refractivity contribution in [3.05, 3.63) is 123 Å². The molecule has 0 saturated carbocycles. The van der Waals surface area contributed by atoms with E-state index < -0.39 is 10.1 Å². The van der Waals surface area contributed by atoms with Gasteiger partial charge in [0.2, 0.25) is 0 Å². The van der Waals surface area contributed by atoms with Crippen molar-refractivity contribution in [2.75, 3.05) is 12.4 Å². The summed E-state index contributed by atoms with van der Waals surface area (Å²) in [5, 5.41) is 0.444. The van der Waals surface area contributed by atoms with E-state index in [4.69, 9.17) is 25.9 Å². The zero-order chi connectivity index (χ0) is 29.5. The zero-order valence-corrected chi connectivity index (χ0v) is 24.6. The topological polar surface area (TPSA) is 114 Å². The molecule has 0 aromatic heterocycles. The monoisotopic (exact) mass is 605 g/mol. The molecule has 0 spiro atoms. The Bertz CT molecular complexity index is 1770. The highest BCUT2D eigenvalue weighted by atomic mass is 35.5. The van der Waals surface area contributed by atoms with Gasteiger partial charge >= 0.3 is 0 Å². The number of nitrogens with zero attached hydrogens (tertiary/aromatic N) is 2. The van der Waals surface area contributed by atoms with E-state index in [-0.39, 0.29) is 11.3 Å². The molecule has 5 rings (SSSR count). The highest BCUT2D eigenvalue weighted by Crippen LogP contribution is 2.28. The van der Waals surface area contributed by atoms with E-state index in [9.17, 15) is 13.2 Å². The lowest BCUT2D eigenvalue weighted by Gasteiger charge is -2.13. The third-order valence-electron chi connectivity index (χ3n) is 6.98. The Morgan fingerprint density at radius 3 is 2.31 bits per heavy atom. The smallest absolute Gasteiger partial charge is 0.278 e. The Labute approximate surface area is 250 Å². The molecule has 42 heavy (non-hydrogen) atoms. The van der Waals surface area contributed by atoms with Crippen molar-refractivity contribution in [2.24, 2.45) is 0 Å². The van der Waals surface area contributed by atoms with Crippen molar-refractivity contribution < 1.29 is 17.7 Å². The SMILES string of the molecule is O=c1c(Cc2ccc(OCCCCCCS(=O)(=O)O)c(Cl)c2)nc2c(Cc3ccccc3)[nH]c(-c3ccccc3)cn1-2. The lowest BCUT2D eigenvalue weighted by Crippen LogP contribution is -2.17. The standard InChI is InChI=1S/C32H32ClN3O5S/c33-26-19-24(15-16-30(26)41-17-9-1-2-10-18-42(38,39)40)21-28-32(37)36-22-29(25-13-7-4-8-14-25)34-27(31(36)35-28)20-23-11-5-3-6-12-23/h3-8,11-16,19,22,34H,1-2,9-10,17-18,20-21H2,(H,38,39,40). The summed E-state index contributed by atoms with van der Waals surface area (Å²) in [7, 11) is -3.91. The van der Waals surface area contributed by atoms with Crippen molar-refractivity contribution in [3.63, 3.8) is 0 Å². The largest absolute Gasteiger partial charge is 0.492 e. The molecule has 2 aliphatic heterocycles. The van der Waals surface area contributed by atoms with E-state index in [1.807, 2.05) is 60.8 Å². The van der Waals surface area contributed by atoms with Gasteiger partial charge in [0.05, 0.1) is 28.8 Å². The lowest BCUT2D eigenvalue weighted by atomic mass is 10.1. The van der Waals surface area contributed by atoms with Gasteiger partial charge in [0.15, 0.2) is 5.82 Å². The number of halogens is 1. The fourth-order valence-electron chi connectivity index (χ4n) is 4.87. The normalized spacial score (nSPS) is 11.7. The number of aromatic nitrogens is 3. The number of unbranched alkanes of at least 4 members (excludes halogenated alkanes) is 3. The second-order valence-corrected chi connectivity index (χ2v) is 12.2. The minimum atomic E-state index is -3.91. The molecule has 0 fully saturated rings. The summed E-state index contributed by atoms with van der Waals surface area (Å²) in [6.45, 7) is 0.437. The quantitative estimate of drug-likeness (QED) is 0.120. The zero-order valence-electron chi connectivity index (χ0n) is 23.0. The summed E-state index contributed by atoms with van der Waals surface area (Å²) in [6.07, 6.45) is 5.34. The first kappa shape index (κ1) is 29.6. The van der Waals surface area contributed by atoms with Gasteiger partial charge in [-0.1, -0.05) is 91.2 Å². The molecule has 0 bridgehead atoms.